The summed E-state index contributed by atoms with van der Waals surface area (Å²) >= 11 is 0. The Morgan fingerprint density at radius 1 is 0.788 bits per heavy atom. The van der Waals surface area contributed by atoms with Crippen LogP contribution >= 0.6 is 0 Å². The van der Waals surface area contributed by atoms with E-state index in [4.69, 9.17) is 23.9 Å². The first-order valence-electron chi connectivity index (χ1n) is 10.3. The maximum atomic E-state index is 13.4. The van der Waals surface area contributed by atoms with Crippen LogP contribution in [0.25, 0.3) is 22.3 Å². The zero-order valence-corrected chi connectivity index (χ0v) is 18.9. The zero-order chi connectivity index (χ0) is 23.4. The van der Waals surface area contributed by atoms with Crippen molar-refractivity contribution in [3.63, 3.8) is 0 Å². The molecule has 0 saturated heterocycles. The summed E-state index contributed by atoms with van der Waals surface area (Å²) in [6.07, 6.45) is 0. The molecule has 8 heteroatoms. The average Bonchev–Trinajstić information content (AvgIpc) is 2.87. The van der Waals surface area contributed by atoms with Crippen molar-refractivity contribution >= 4 is 10.9 Å². The van der Waals surface area contributed by atoms with Crippen molar-refractivity contribution in [2.75, 3.05) is 33.9 Å². The number of hydrogen-bond donors (Lipinski definition) is 1. The molecule has 0 atom stereocenters. The van der Waals surface area contributed by atoms with E-state index >= 15 is 0 Å². The van der Waals surface area contributed by atoms with Gasteiger partial charge in [0.05, 0.1) is 45.9 Å². The number of rotatable bonds is 8. The van der Waals surface area contributed by atoms with Gasteiger partial charge in [0.15, 0.2) is 28.8 Å². The lowest BCUT2D eigenvalue weighted by atomic mass is 10.1. The summed E-state index contributed by atoms with van der Waals surface area (Å²) in [5, 5.41) is 0.515. The number of ether oxygens (including phenoxy) is 4. The maximum absolute atomic E-state index is 13.4. The van der Waals surface area contributed by atoms with Crippen molar-refractivity contribution in [3.05, 3.63) is 76.6 Å². The molecular formula is C25H25N3O5. The molecule has 0 saturated carbocycles. The first kappa shape index (κ1) is 22.0. The van der Waals surface area contributed by atoms with Crippen LogP contribution in [-0.4, -0.2) is 38.1 Å². The Labute approximate surface area is 191 Å². The smallest absolute Gasteiger partial charge is 0.280 e. The van der Waals surface area contributed by atoms with E-state index < -0.39 is 0 Å². The molecule has 33 heavy (non-hydrogen) atoms. The van der Waals surface area contributed by atoms with E-state index in [1.54, 1.807) is 46.6 Å². The Bertz CT molecular complexity index is 1350. The Morgan fingerprint density at radius 3 is 2.12 bits per heavy atom. The van der Waals surface area contributed by atoms with Crippen LogP contribution in [0.1, 0.15) is 5.56 Å². The Morgan fingerprint density at radius 2 is 1.42 bits per heavy atom. The topological polar surface area (TPSA) is 83.8 Å². The van der Waals surface area contributed by atoms with E-state index in [1.807, 2.05) is 42.5 Å². The van der Waals surface area contributed by atoms with Crippen molar-refractivity contribution in [2.45, 2.75) is 6.54 Å². The molecule has 0 spiro atoms. The Balaban J connectivity index is 1.80. The number of nitrogens with one attached hydrogen (secondary N) is 1. The molecule has 1 heterocycles. The van der Waals surface area contributed by atoms with Crippen molar-refractivity contribution in [1.29, 1.82) is 0 Å². The number of fused-ring (bicyclic) bond motifs is 1. The van der Waals surface area contributed by atoms with Crippen LogP contribution in [0.5, 0.6) is 23.0 Å². The number of methoxy groups -OCH3 is 4. The molecule has 4 aromatic rings. The van der Waals surface area contributed by atoms with E-state index in [1.165, 1.54) is 4.68 Å². The van der Waals surface area contributed by atoms with E-state index in [0.717, 1.165) is 5.56 Å². The highest BCUT2D eigenvalue weighted by Gasteiger charge is 2.15. The van der Waals surface area contributed by atoms with Crippen molar-refractivity contribution in [1.82, 2.24) is 9.66 Å². The van der Waals surface area contributed by atoms with Crippen molar-refractivity contribution in [3.8, 4) is 34.4 Å². The minimum absolute atomic E-state index is 0.203. The third-order valence-electron chi connectivity index (χ3n) is 5.31. The molecule has 0 aliphatic carbocycles. The molecule has 1 N–H and O–H groups in total. The highest BCUT2D eigenvalue weighted by Crippen LogP contribution is 2.32. The van der Waals surface area contributed by atoms with Crippen LogP contribution in [0, 0.1) is 0 Å². The van der Waals surface area contributed by atoms with Crippen LogP contribution in [0.4, 0.5) is 0 Å². The van der Waals surface area contributed by atoms with Gasteiger partial charge in [-0.05, 0) is 48.0 Å². The number of benzene rings is 3. The summed E-state index contributed by atoms with van der Waals surface area (Å²) in [7, 11) is 6.32. The SMILES string of the molecule is COc1ccc(CNn2c(-c3ccc(OC)c(OC)c3)nc3ccccc3c2=O)cc1OC. The Kier molecular flexibility index (Phi) is 6.35. The van der Waals surface area contributed by atoms with Gasteiger partial charge in [-0.3, -0.25) is 4.79 Å². The fourth-order valence-electron chi connectivity index (χ4n) is 3.61. The van der Waals surface area contributed by atoms with Crippen LogP contribution < -0.4 is 29.9 Å². The highest BCUT2D eigenvalue weighted by molar-refractivity contribution is 5.80. The van der Waals surface area contributed by atoms with Gasteiger partial charge in [-0.15, -0.1) is 0 Å². The molecule has 1 aromatic heterocycles. The normalized spacial score (nSPS) is 10.7. The standard InChI is InChI=1S/C25H25N3O5/c1-30-20-11-9-16(13-22(20)32-3)15-26-28-24(17-10-12-21(31-2)23(14-17)33-4)27-19-8-6-5-7-18(19)25(28)29/h5-14,26H,15H2,1-4H3. The number of hydrogen-bond acceptors (Lipinski definition) is 7. The largest absolute Gasteiger partial charge is 0.493 e. The number of nitrogens with zero attached hydrogens (tertiary/aromatic N) is 2. The summed E-state index contributed by atoms with van der Waals surface area (Å²) in [6.45, 7) is 0.362. The highest BCUT2D eigenvalue weighted by atomic mass is 16.5. The molecule has 170 valence electrons. The van der Waals surface area contributed by atoms with E-state index in [9.17, 15) is 4.79 Å². The summed E-state index contributed by atoms with van der Waals surface area (Å²) < 4.78 is 22.9. The molecule has 0 aliphatic rings. The van der Waals surface area contributed by atoms with Gasteiger partial charge in [0.1, 0.15) is 0 Å². The molecular weight excluding hydrogens is 422 g/mol. The second-order valence-corrected chi connectivity index (χ2v) is 7.19. The monoisotopic (exact) mass is 447 g/mol. The Hall–Kier alpha value is -4.20. The second kappa shape index (κ2) is 9.52. The number of para-hydroxylation sites is 1. The van der Waals surface area contributed by atoms with Gasteiger partial charge in [0.2, 0.25) is 0 Å². The van der Waals surface area contributed by atoms with Crippen molar-refractivity contribution < 1.29 is 18.9 Å². The quantitative estimate of drug-likeness (QED) is 0.439. The van der Waals surface area contributed by atoms with E-state index in [0.29, 0.717) is 51.8 Å². The average molecular weight is 447 g/mol. The van der Waals surface area contributed by atoms with Gasteiger partial charge in [0.25, 0.3) is 5.56 Å². The van der Waals surface area contributed by atoms with Gasteiger partial charge in [-0.2, -0.15) is 0 Å². The van der Waals surface area contributed by atoms with E-state index in [2.05, 4.69) is 5.43 Å². The van der Waals surface area contributed by atoms with Crippen LogP contribution in [0.3, 0.4) is 0 Å². The van der Waals surface area contributed by atoms with Gasteiger partial charge in [-0.1, -0.05) is 18.2 Å². The second-order valence-electron chi connectivity index (χ2n) is 7.19. The third kappa shape index (κ3) is 4.27. The first-order valence-corrected chi connectivity index (χ1v) is 10.3. The molecule has 0 aliphatic heterocycles. The van der Waals surface area contributed by atoms with E-state index in [-0.39, 0.29) is 5.56 Å². The summed E-state index contributed by atoms with van der Waals surface area (Å²) in [5.41, 5.74) is 5.23. The third-order valence-corrected chi connectivity index (χ3v) is 5.31. The molecule has 0 unspecified atom stereocenters. The van der Waals surface area contributed by atoms with Crippen LogP contribution in [0.15, 0.2) is 65.5 Å². The summed E-state index contributed by atoms with van der Waals surface area (Å²) in [4.78, 5) is 18.2. The molecule has 0 radical (unpaired) electrons. The fourth-order valence-corrected chi connectivity index (χ4v) is 3.61. The van der Waals surface area contributed by atoms with Gasteiger partial charge >= 0.3 is 0 Å². The van der Waals surface area contributed by atoms with Gasteiger partial charge in [-0.25, -0.2) is 9.66 Å². The predicted molar refractivity (Wildman–Crippen MR) is 127 cm³/mol. The molecule has 3 aromatic carbocycles. The summed E-state index contributed by atoms with van der Waals surface area (Å²) in [6, 6.07) is 18.3. The molecule has 0 bridgehead atoms. The minimum atomic E-state index is -0.203. The molecule has 0 fully saturated rings. The molecule has 8 nitrogen and oxygen atoms in total. The minimum Gasteiger partial charge on any atom is -0.493 e. The maximum Gasteiger partial charge on any atom is 0.280 e. The first-order chi connectivity index (χ1) is 16.1. The van der Waals surface area contributed by atoms with Crippen molar-refractivity contribution in [2.24, 2.45) is 0 Å². The lowest BCUT2D eigenvalue weighted by Gasteiger charge is -2.17. The summed E-state index contributed by atoms with van der Waals surface area (Å²) in [5.74, 6) is 2.84. The van der Waals surface area contributed by atoms with Crippen LogP contribution in [0.2, 0.25) is 0 Å². The predicted octanol–water partition coefficient (Wildman–Crippen LogP) is 3.84. The van der Waals surface area contributed by atoms with Gasteiger partial charge in [0, 0.05) is 5.56 Å². The number of aromatic nitrogens is 2. The van der Waals surface area contributed by atoms with Gasteiger partial charge < -0.3 is 24.4 Å². The zero-order valence-electron chi connectivity index (χ0n) is 18.9. The molecule has 4 rings (SSSR count). The molecule has 0 amide bonds. The van der Waals surface area contributed by atoms with Crippen LogP contribution in [-0.2, 0) is 6.54 Å². The lowest BCUT2D eigenvalue weighted by Crippen LogP contribution is -2.31. The fraction of sp³-hybridized carbons (Fsp3) is 0.200. The lowest BCUT2D eigenvalue weighted by molar-refractivity contribution is 0.354.